The number of hydrogen-bond acceptors (Lipinski definition) is 2. The molecule has 0 radical (unpaired) electrons. The smallest absolute Gasteiger partial charge is 0.0609 e. The molecule has 0 bridgehead atoms. The topological polar surface area (TPSA) is 38.9 Å². The van der Waals surface area contributed by atoms with Crippen LogP contribution in [0.1, 0.15) is 45.0 Å². The second-order valence-electron chi connectivity index (χ2n) is 5.62. The van der Waals surface area contributed by atoms with Gasteiger partial charge >= 0.3 is 0 Å². The monoisotopic (exact) mass is 218 g/mol. The lowest BCUT2D eigenvalue weighted by Gasteiger charge is -2.41. The van der Waals surface area contributed by atoms with Gasteiger partial charge in [-0.3, -0.25) is 4.98 Å². The number of aromatic nitrogens is 1. The Balaban J connectivity index is 2.49. The Kier molecular flexibility index (Phi) is 2.79. The van der Waals surface area contributed by atoms with E-state index in [4.69, 9.17) is 5.73 Å². The molecule has 2 N–H and O–H groups in total. The van der Waals surface area contributed by atoms with E-state index in [2.05, 4.69) is 38.7 Å². The van der Waals surface area contributed by atoms with E-state index in [9.17, 15) is 0 Å². The van der Waals surface area contributed by atoms with Crippen molar-refractivity contribution < 1.29 is 0 Å². The van der Waals surface area contributed by atoms with E-state index in [1.165, 1.54) is 5.56 Å². The molecule has 1 aliphatic carbocycles. The summed E-state index contributed by atoms with van der Waals surface area (Å²) >= 11 is 0. The van der Waals surface area contributed by atoms with E-state index in [0.717, 1.165) is 12.1 Å². The standard InChI is InChI=1S/C14H22N2/c1-9(2)14(10(3)4)8-11-6-5-7-16-12(11)13(14)15/h5-7,9-10,13H,8,15H2,1-4H3/t13-/m1/s1. The van der Waals surface area contributed by atoms with Crippen molar-refractivity contribution in [1.29, 1.82) is 0 Å². The maximum absolute atomic E-state index is 6.46. The fourth-order valence-electron chi connectivity index (χ4n) is 3.37. The highest BCUT2D eigenvalue weighted by Crippen LogP contribution is 2.52. The first-order valence-corrected chi connectivity index (χ1v) is 6.19. The lowest BCUT2D eigenvalue weighted by atomic mass is 9.65. The highest BCUT2D eigenvalue weighted by atomic mass is 14.8. The van der Waals surface area contributed by atoms with E-state index < -0.39 is 0 Å². The maximum atomic E-state index is 6.46. The highest BCUT2D eigenvalue weighted by molar-refractivity contribution is 5.33. The van der Waals surface area contributed by atoms with Crippen molar-refractivity contribution in [3.63, 3.8) is 0 Å². The van der Waals surface area contributed by atoms with Gasteiger partial charge in [-0.05, 0) is 35.3 Å². The van der Waals surface area contributed by atoms with Gasteiger partial charge in [-0.2, -0.15) is 0 Å². The van der Waals surface area contributed by atoms with Gasteiger partial charge in [0.25, 0.3) is 0 Å². The third kappa shape index (κ3) is 1.40. The normalized spacial score (nSPS) is 22.8. The first-order chi connectivity index (χ1) is 7.50. The highest BCUT2D eigenvalue weighted by Gasteiger charge is 2.49. The van der Waals surface area contributed by atoms with Crippen LogP contribution in [0.2, 0.25) is 0 Å². The number of rotatable bonds is 2. The fraction of sp³-hybridized carbons (Fsp3) is 0.643. The number of pyridine rings is 1. The zero-order chi connectivity index (χ0) is 11.9. The number of nitrogens with zero attached hydrogens (tertiary/aromatic N) is 1. The SMILES string of the molecule is CC(C)C1(C(C)C)Cc2cccnc2[C@H]1N. The lowest BCUT2D eigenvalue weighted by Crippen LogP contribution is -2.41. The van der Waals surface area contributed by atoms with Crippen LogP contribution in [-0.2, 0) is 6.42 Å². The summed E-state index contributed by atoms with van der Waals surface area (Å²) in [5.41, 5.74) is 9.10. The van der Waals surface area contributed by atoms with E-state index in [-0.39, 0.29) is 11.5 Å². The molecule has 0 fully saturated rings. The van der Waals surface area contributed by atoms with Gasteiger partial charge in [0.05, 0.1) is 11.7 Å². The molecule has 1 atom stereocenters. The summed E-state index contributed by atoms with van der Waals surface area (Å²) < 4.78 is 0. The molecule has 2 heteroatoms. The molecule has 0 saturated carbocycles. The molecule has 88 valence electrons. The molecule has 0 amide bonds. The molecule has 16 heavy (non-hydrogen) atoms. The van der Waals surface area contributed by atoms with Crippen LogP contribution in [0, 0.1) is 17.3 Å². The van der Waals surface area contributed by atoms with Crippen molar-refractivity contribution >= 4 is 0 Å². The van der Waals surface area contributed by atoms with Crippen LogP contribution in [0.15, 0.2) is 18.3 Å². The van der Waals surface area contributed by atoms with Gasteiger partial charge in [0, 0.05) is 6.20 Å². The first kappa shape index (κ1) is 11.6. The molecular weight excluding hydrogens is 196 g/mol. The maximum Gasteiger partial charge on any atom is 0.0609 e. The average molecular weight is 218 g/mol. The second kappa shape index (κ2) is 3.85. The molecule has 0 spiro atoms. The molecule has 2 rings (SSSR count). The molecule has 1 heterocycles. The van der Waals surface area contributed by atoms with Crippen LogP contribution in [0.4, 0.5) is 0 Å². The van der Waals surface area contributed by atoms with Crippen molar-refractivity contribution in [3.05, 3.63) is 29.6 Å². The molecule has 1 aliphatic rings. The van der Waals surface area contributed by atoms with Crippen LogP contribution in [0.5, 0.6) is 0 Å². The number of fused-ring (bicyclic) bond motifs is 1. The minimum absolute atomic E-state index is 0.0868. The second-order valence-corrected chi connectivity index (χ2v) is 5.62. The number of hydrogen-bond donors (Lipinski definition) is 1. The van der Waals surface area contributed by atoms with Crippen LogP contribution in [0.3, 0.4) is 0 Å². The summed E-state index contributed by atoms with van der Waals surface area (Å²) in [6, 6.07) is 4.28. The van der Waals surface area contributed by atoms with Crippen molar-refractivity contribution in [1.82, 2.24) is 4.98 Å². The minimum atomic E-state index is 0.0868. The van der Waals surface area contributed by atoms with E-state index in [1.54, 1.807) is 0 Å². The predicted molar refractivity (Wildman–Crippen MR) is 67.0 cm³/mol. The zero-order valence-corrected chi connectivity index (χ0v) is 10.7. The third-order valence-corrected chi connectivity index (χ3v) is 4.45. The van der Waals surface area contributed by atoms with Crippen molar-refractivity contribution in [2.45, 2.75) is 40.2 Å². The van der Waals surface area contributed by atoms with Crippen LogP contribution >= 0.6 is 0 Å². The molecule has 0 aromatic carbocycles. The average Bonchev–Trinajstić information content (AvgIpc) is 2.54. The molecule has 2 nitrogen and oxygen atoms in total. The zero-order valence-electron chi connectivity index (χ0n) is 10.7. The summed E-state index contributed by atoms with van der Waals surface area (Å²) in [5, 5.41) is 0. The van der Waals surface area contributed by atoms with E-state index >= 15 is 0 Å². The fourth-order valence-corrected chi connectivity index (χ4v) is 3.37. The van der Waals surface area contributed by atoms with Crippen molar-refractivity contribution in [3.8, 4) is 0 Å². The van der Waals surface area contributed by atoms with Crippen LogP contribution in [0.25, 0.3) is 0 Å². The Hall–Kier alpha value is -0.890. The van der Waals surface area contributed by atoms with Crippen molar-refractivity contribution in [2.24, 2.45) is 23.0 Å². The Morgan fingerprint density at radius 1 is 1.31 bits per heavy atom. The van der Waals surface area contributed by atoms with Crippen molar-refractivity contribution in [2.75, 3.05) is 0 Å². The summed E-state index contributed by atoms with van der Waals surface area (Å²) in [6.45, 7) is 9.13. The summed E-state index contributed by atoms with van der Waals surface area (Å²) in [7, 11) is 0. The van der Waals surface area contributed by atoms with Gasteiger partial charge in [0.15, 0.2) is 0 Å². The summed E-state index contributed by atoms with van der Waals surface area (Å²) in [6.07, 6.45) is 2.93. The Labute approximate surface area is 98.3 Å². The summed E-state index contributed by atoms with van der Waals surface area (Å²) in [5.74, 6) is 1.16. The van der Waals surface area contributed by atoms with Crippen LogP contribution < -0.4 is 5.73 Å². The predicted octanol–water partition coefficient (Wildman–Crippen LogP) is 2.94. The van der Waals surface area contributed by atoms with Gasteiger partial charge in [0.1, 0.15) is 0 Å². The van der Waals surface area contributed by atoms with Gasteiger partial charge in [-0.25, -0.2) is 0 Å². The summed E-state index contributed by atoms with van der Waals surface area (Å²) in [4.78, 5) is 4.48. The van der Waals surface area contributed by atoms with E-state index in [0.29, 0.717) is 11.8 Å². The van der Waals surface area contributed by atoms with Gasteiger partial charge in [0.2, 0.25) is 0 Å². The van der Waals surface area contributed by atoms with Gasteiger partial charge in [-0.1, -0.05) is 33.8 Å². The molecular formula is C14H22N2. The van der Waals surface area contributed by atoms with Gasteiger partial charge < -0.3 is 5.73 Å². The molecule has 1 aromatic rings. The Bertz CT molecular complexity index is 374. The largest absolute Gasteiger partial charge is 0.322 e. The van der Waals surface area contributed by atoms with E-state index in [1.807, 2.05) is 12.3 Å². The minimum Gasteiger partial charge on any atom is -0.322 e. The first-order valence-electron chi connectivity index (χ1n) is 6.19. The molecule has 0 aliphatic heterocycles. The Morgan fingerprint density at radius 3 is 2.44 bits per heavy atom. The molecule has 1 aromatic heterocycles. The Morgan fingerprint density at radius 2 is 1.94 bits per heavy atom. The molecule has 0 saturated heterocycles. The van der Waals surface area contributed by atoms with Gasteiger partial charge in [-0.15, -0.1) is 0 Å². The number of nitrogens with two attached hydrogens (primary N) is 1. The quantitative estimate of drug-likeness (QED) is 0.829. The third-order valence-electron chi connectivity index (χ3n) is 4.45. The van der Waals surface area contributed by atoms with Crippen LogP contribution in [-0.4, -0.2) is 4.98 Å². The molecule has 0 unspecified atom stereocenters. The lowest BCUT2D eigenvalue weighted by molar-refractivity contribution is 0.0886.